The molecule has 0 amide bonds. The summed E-state index contributed by atoms with van der Waals surface area (Å²) in [6, 6.07) is 0. The van der Waals surface area contributed by atoms with Gasteiger partial charge in [-0.3, -0.25) is 0 Å². The van der Waals surface area contributed by atoms with Gasteiger partial charge in [0.05, 0.1) is 6.10 Å². The molecule has 3 aliphatic heterocycles. The summed E-state index contributed by atoms with van der Waals surface area (Å²) in [5.41, 5.74) is 0. The van der Waals surface area contributed by atoms with Crippen molar-refractivity contribution in [2.45, 2.75) is 76.4 Å². The van der Waals surface area contributed by atoms with Gasteiger partial charge >= 0.3 is 0 Å². The summed E-state index contributed by atoms with van der Waals surface area (Å²) in [5.74, 6) is 0.544. The van der Waals surface area contributed by atoms with Crippen LogP contribution in [0, 0.1) is 23.7 Å². The standard InChI is InChI=1S/C20H30O6/c1-19(2)23-15-14(13-11-7-6-10(8-11)12(13)9-21-5)22-18-17(16(15)24-19)25-20(3,4)26-18/h6-7,10-18H,8-9H2,1-5H3/t10-,11+,12-,13+,14+,15-,16-,17+,18+/m0/s1. The second kappa shape index (κ2) is 5.75. The fraction of sp³-hybridized carbons (Fsp3) is 0.900. The first-order valence-electron chi connectivity index (χ1n) is 9.82. The van der Waals surface area contributed by atoms with Crippen molar-refractivity contribution in [3.63, 3.8) is 0 Å². The van der Waals surface area contributed by atoms with Gasteiger partial charge in [0.1, 0.15) is 18.3 Å². The predicted molar refractivity (Wildman–Crippen MR) is 92.1 cm³/mol. The summed E-state index contributed by atoms with van der Waals surface area (Å²) in [6.07, 6.45) is 4.79. The fourth-order valence-corrected chi connectivity index (χ4v) is 5.83. The molecule has 1 saturated carbocycles. The highest BCUT2D eigenvalue weighted by Crippen LogP contribution is 2.54. The molecular formula is C20H30O6. The lowest BCUT2D eigenvalue weighted by Crippen LogP contribution is -2.58. The largest absolute Gasteiger partial charge is 0.384 e. The lowest BCUT2D eigenvalue weighted by Gasteiger charge is -2.43. The maximum atomic E-state index is 6.52. The number of allylic oxidation sites excluding steroid dienone is 2. The van der Waals surface area contributed by atoms with Crippen LogP contribution in [0.3, 0.4) is 0 Å². The maximum Gasteiger partial charge on any atom is 0.190 e. The van der Waals surface area contributed by atoms with Gasteiger partial charge < -0.3 is 28.4 Å². The average molecular weight is 366 g/mol. The Labute approximate surface area is 155 Å². The molecule has 0 N–H and O–H groups in total. The first-order chi connectivity index (χ1) is 12.3. The van der Waals surface area contributed by atoms with E-state index in [1.807, 2.05) is 27.7 Å². The molecule has 2 aliphatic carbocycles. The van der Waals surface area contributed by atoms with Gasteiger partial charge in [0.2, 0.25) is 0 Å². The SMILES string of the molecule is COC[C@@H]1[C@H]([C@H]2O[C@@H]3OC(C)(C)O[C@@H]3[C@H]3OC(C)(C)O[C@H]32)[C@@H]2C=C[C@H]1C2. The van der Waals surface area contributed by atoms with Crippen molar-refractivity contribution in [3.05, 3.63) is 12.2 Å². The zero-order chi connectivity index (χ0) is 18.3. The molecule has 6 heteroatoms. The van der Waals surface area contributed by atoms with Crippen LogP contribution in [0.25, 0.3) is 0 Å². The van der Waals surface area contributed by atoms with E-state index < -0.39 is 17.9 Å². The van der Waals surface area contributed by atoms with E-state index >= 15 is 0 Å². The number of rotatable bonds is 3. The molecular weight excluding hydrogens is 336 g/mol. The number of fused-ring (bicyclic) bond motifs is 5. The first-order valence-corrected chi connectivity index (χ1v) is 9.82. The van der Waals surface area contributed by atoms with Gasteiger partial charge in [-0.2, -0.15) is 0 Å². The quantitative estimate of drug-likeness (QED) is 0.715. The second-order valence-electron chi connectivity index (χ2n) is 9.28. The maximum absolute atomic E-state index is 6.52. The Balaban J connectivity index is 1.48. The molecule has 0 unspecified atom stereocenters. The smallest absolute Gasteiger partial charge is 0.190 e. The third kappa shape index (κ3) is 2.61. The lowest BCUT2D eigenvalue weighted by molar-refractivity contribution is -0.251. The van der Waals surface area contributed by atoms with Crippen molar-refractivity contribution in [1.29, 1.82) is 0 Å². The van der Waals surface area contributed by atoms with Crippen LogP contribution < -0.4 is 0 Å². The minimum Gasteiger partial charge on any atom is -0.384 e. The molecule has 26 heavy (non-hydrogen) atoms. The lowest BCUT2D eigenvalue weighted by atomic mass is 9.76. The van der Waals surface area contributed by atoms with Crippen molar-refractivity contribution >= 4 is 0 Å². The van der Waals surface area contributed by atoms with Crippen molar-refractivity contribution in [1.82, 2.24) is 0 Å². The van der Waals surface area contributed by atoms with Crippen LogP contribution in [-0.2, 0) is 28.4 Å². The summed E-state index contributed by atoms with van der Waals surface area (Å²) in [4.78, 5) is 0. The Hall–Kier alpha value is -0.500. The third-order valence-electron chi connectivity index (χ3n) is 6.62. The molecule has 5 aliphatic rings. The highest BCUT2D eigenvalue weighted by atomic mass is 16.9. The van der Waals surface area contributed by atoms with Crippen molar-refractivity contribution in [2.24, 2.45) is 23.7 Å². The molecule has 3 heterocycles. The van der Waals surface area contributed by atoms with Gasteiger partial charge in [-0.05, 0) is 57.8 Å². The molecule has 5 rings (SSSR count). The number of hydrogen-bond donors (Lipinski definition) is 0. The molecule has 0 aromatic rings. The van der Waals surface area contributed by atoms with E-state index in [0.29, 0.717) is 23.7 Å². The van der Waals surface area contributed by atoms with Crippen molar-refractivity contribution in [3.8, 4) is 0 Å². The van der Waals surface area contributed by atoms with E-state index in [0.717, 1.165) is 6.61 Å². The highest BCUT2D eigenvalue weighted by Gasteiger charge is 2.64. The minimum absolute atomic E-state index is 0.0828. The molecule has 2 bridgehead atoms. The van der Waals surface area contributed by atoms with Gasteiger partial charge in [0, 0.05) is 13.7 Å². The molecule has 4 fully saturated rings. The molecule has 146 valence electrons. The molecule has 0 aromatic heterocycles. The van der Waals surface area contributed by atoms with Crippen molar-refractivity contribution in [2.75, 3.05) is 13.7 Å². The van der Waals surface area contributed by atoms with Crippen LogP contribution in [0.15, 0.2) is 12.2 Å². The first kappa shape index (κ1) is 17.6. The highest BCUT2D eigenvalue weighted by molar-refractivity contribution is 5.17. The van der Waals surface area contributed by atoms with Crippen LogP contribution in [-0.4, -0.2) is 56.0 Å². The van der Waals surface area contributed by atoms with Crippen LogP contribution >= 0.6 is 0 Å². The molecule has 0 radical (unpaired) electrons. The molecule has 6 nitrogen and oxygen atoms in total. The van der Waals surface area contributed by atoms with Crippen molar-refractivity contribution < 1.29 is 28.4 Å². The van der Waals surface area contributed by atoms with Crippen LogP contribution in [0.1, 0.15) is 34.1 Å². The zero-order valence-electron chi connectivity index (χ0n) is 16.2. The average Bonchev–Trinajstić information content (AvgIpc) is 3.26. The topological polar surface area (TPSA) is 55.4 Å². The molecule has 3 saturated heterocycles. The number of ether oxygens (including phenoxy) is 6. The predicted octanol–water partition coefficient (Wildman–Crippen LogP) is 2.47. The van der Waals surface area contributed by atoms with Gasteiger partial charge in [-0.25, -0.2) is 0 Å². The van der Waals surface area contributed by atoms with Gasteiger partial charge in [0.15, 0.2) is 17.9 Å². The summed E-state index contributed by atoms with van der Waals surface area (Å²) in [6.45, 7) is 8.52. The summed E-state index contributed by atoms with van der Waals surface area (Å²) >= 11 is 0. The summed E-state index contributed by atoms with van der Waals surface area (Å²) in [5, 5.41) is 0. The molecule has 9 atom stereocenters. The fourth-order valence-electron chi connectivity index (χ4n) is 5.83. The minimum atomic E-state index is -0.675. The Morgan fingerprint density at radius 3 is 2.19 bits per heavy atom. The Morgan fingerprint density at radius 1 is 0.846 bits per heavy atom. The monoisotopic (exact) mass is 366 g/mol. The zero-order valence-corrected chi connectivity index (χ0v) is 16.2. The van der Waals surface area contributed by atoms with E-state index in [9.17, 15) is 0 Å². The van der Waals surface area contributed by atoms with Crippen LogP contribution in [0.2, 0.25) is 0 Å². The third-order valence-corrected chi connectivity index (χ3v) is 6.62. The molecule has 0 aromatic carbocycles. The number of hydrogen-bond acceptors (Lipinski definition) is 6. The van der Waals surface area contributed by atoms with E-state index in [4.69, 9.17) is 28.4 Å². The number of methoxy groups -OCH3 is 1. The van der Waals surface area contributed by atoms with Crippen LogP contribution in [0.4, 0.5) is 0 Å². The van der Waals surface area contributed by atoms with Gasteiger partial charge in [0.25, 0.3) is 0 Å². The van der Waals surface area contributed by atoms with E-state index in [1.54, 1.807) is 7.11 Å². The Bertz CT molecular complexity index is 601. The van der Waals surface area contributed by atoms with E-state index in [-0.39, 0.29) is 24.4 Å². The second-order valence-corrected chi connectivity index (χ2v) is 9.28. The summed E-state index contributed by atoms with van der Waals surface area (Å²) in [7, 11) is 1.78. The van der Waals surface area contributed by atoms with E-state index in [1.165, 1.54) is 6.42 Å². The Morgan fingerprint density at radius 2 is 1.46 bits per heavy atom. The van der Waals surface area contributed by atoms with Gasteiger partial charge in [-0.15, -0.1) is 0 Å². The van der Waals surface area contributed by atoms with E-state index in [2.05, 4.69) is 12.2 Å². The Kier molecular flexibility index (Phi) is 3.89. The normalized spacial score (nSPS) is 53.0. The van der Waals surface area contributed by atoms with Crippen LogP contribution in [0.5, 0.6) is 0 Å². The summed E-state index contributed by atoms with van der Waals surface area (Å²) < 4.78 is 36.9. The van der Waals surface area contributed by atoms with Gasteiger partial charge in [-0.1, -0.05) is 12.2 Å². The molecule has 0 spiro atoms.